The molecule has 92 valence electrons. The fourth-order valence-electron chi connectivity index (χ4n) is 1.37. The Kier molecular flexibility index (Phi) is 4.20. The van der Waals surface area contributed by atoms with E-state index in [2.05, 4.69) is 16.3 Å². The summed E-state index contributed by atoms with van der Waals surface area (Å²) < 4.78 is 7.42. The highest BCUT2D eigenvalue weighted by molar-refractivity contribution is 7.99. The summed E-state index contributed by atoms with van der Waals surface area (Å²) in [6, 6.07) is 9.31. The van der Waals surface area contributed by atoms with E-state index < -0.39 is 0 Å². The molecule has 5 nitrogen and oxygen atoms in total. The van der Waals surface area contributed by atoms with Gasteiger partial charge in [0, 0.05) is 12.8 Å². The highest BCUT2D eigenvalue weighted by atomic mass is 32.2. The van der Waals surface area contributed by atoms with Gasteiger partial charge in [-0.15, -0.1) is 10.2 Å². The SMILES string of the molecule is Cn1cnnc1SCCOc1ccccc1C#N. The van der Waals surface area contributed by atoms with Crippen molar-refractivity contribution in [1.82, 2.24) is 14.8 Å². The molecule has 0 bridgehead atoms. The van der Waals surface area contributed by atoms with Crippen LogP contribution in [-0.4, -0.2) is 27.1 Å². The number of rotatable bonds is 5. The molecule has 1 aromatic heterocycles. The molecule has 2 rings (SSSR count). The summed E-state index contributed by atoms with van der Waals surface area (Å²) in [4.78, 5) is 0. The van der Waals surface area contributed by atoms with Crippen LogP contribution >= 0.6 is 11.8 Å². The van der Waals surface area contributed by atoms with E-state index in [4.69, 9.17) is 10.00 Å². The van der Waals surface area contributed by atoms with Gasteiger partial charge >= 0.3 is 0 Å². The van der Waals surface area contributed by atoms with E-state index in [1.807, 2.05) is 23.7 Å². The minimum Gasteiger partial charge on any atom is -0.491 e. The zero-order valence-electron chi connectivity index (χ0n) is 9.91. The lowest BCUT2D eigenvalue weighted by Gasteiger charge is -2.06. The molecule has 0 aliphatic rings. The van der Waals surface area contributed by atoms with Crippen LogP contribution < -0.4 is 4.74 Å². The molecule has 0 radical (unpaired) electrons. The summed E-state index contributed by atoms with van der Waals surface area (Å²) in [5.74, 6) is 1.38. The Labute approximate surface area is 109 Å². The first-order valence-electron chi connectivity index (χ1n) is 5.40. The fraction of sp³-hybridized carbons (Fsp3) is 0.250. The molecule has 0 amide bonds. The third-order valence-electron chi connectivity index (χ3n) is 2.25. The number of para-hydroxylation sites is 1. The summed E-state index contributed by atoms with van der Waals surface area (Å²) in [6.45, 7) is 0.524. The largest absolute Gasteiger partial charge is 0.491 e. The smallest absolute Gasteiger partial charge is 0.190 e. The van der Waals surface area contributed by atoms with Gasteiger partial charge in [-0.3, -0.25) is 0 Å². The number of nitrogens with zero attached hydrogens (tertiary/aromatic N) is 4. The van der Waals surface area contributed by atoms with E-state index >= 15 is 0 Å². The quantitative estimate of drug-likeness (QED) is 0.606. The normalized spacial score (nSPS) is 10.0. The van der Waals surface area contributed by atoms with Crippen molar-refractivity contribution in [3.05, 3.63) is 36.2 Å². The maximum atomic E-state index is 8.90. The summed E-state index contributed by atoms with van der Waals surface area (Å²) in [7, 11) is 1.90. The molecule has 0 aliphatic heterocycles. The molecule has 6 heteroatoms. The topological polar surface area (TPSA) is 63.7 Å². The fourth-order valence-corrected chi connectivity index (χ4v) is 2.08. The molecule has 0 saturated heterocycles. The van der Waals surface area contributed by atoms with Crippen molar-refractivity contribution in [2.24, 2.45) is 7.05 Å². The van der Waals surface area contributed by atoms with Crippen molar-refractivity contribution in [3.63, 3.8) is 0 Å². The van der Waals surface area contributed by atoms with E-state index in [0.29, 0.717) is 17.9 Å². The van der Waals surface area contributed by atoms with Crippen LogP contribution in [-0.2, 0) is 7.05 Å². The number of thioether (sulfide) groups is 1. The number of benzene rings is 1. The maximum absolute atomic E-state index is 8.90. The van der Waals surface area contributed by atoms with Gasteiger partial charge in [-0.25, -0.2) is 0 Å². The van der Waals surface area contributed by atoms with Crippen LogP contribution in [0.2, 0.25) is 0 Å². The molecule has 0 atom stereocenters. The van der Waals surface area contributed by atoms with Crippen LogP contribution in [0.5, 0.6) is 5.75 Å². The molecule has 18 heavy (non-hydrogen) atoms. The van der Waals surface area contributed by atoms with Gasteiger partial charge in [0.1, 0.15) is 18.1 Å². The number of aryl methyl sites for hydroxylation is 1. The minimum atomic E-state index is 0.524. The van der Waals surface area contributed by atoms with Crippen molar-refractivity contribution in [2.45, 2.75) is 5.16 Å². The van der Waals surface area contributed by atoms with Crippen molar-refractivity contribution < 1.29 is 4.74 Å². The second kappa shape index (κ2) is 6.07. The zero-order valence-corrected chi connectivity index (χ0v) is 10.7. The first kappa shape index (κ1) is 12.5. The lowest BCUT2D eigenvalue weighted by molar-refractivity contribution is 0.343. The number of hydrogen-bond acceptors (Lipinski definition) is 5. The second-order valence-electron chi connectivity index (χ2n) is 3.53. The van der Waals surface area contributed by atoms with E-state index in [-0.39, 0.29) is 0 Å². The van der Waals surface area contributed by atoms with Gasteiger partial charge in [-0.05, 0) is 12.1 Å². The average molecular weight is 260 g/mol. The van der Waals surface area contributed by atoms with Gasteiger partial charge < -0.3 is 9.30 Å². The Morgan fingerprint density at radius 1 is 1.44 bits per heavy atom. The molecular weight excluding hydrogens is 248 g/mol. The predicted octanol–water partition coefficient (Wildman–Crippen LogP) is 1.86. The van der Waals surface area contributed by atoms with Crippen LogP contribution in [0, 0.1) is 11.3 Å². The van der Waals surface area contributed by atoms with Gasteiger partial charge in [0.05, 0.1) is 12.2 Å². The Morgan fingerprint density at radius 2 is 2.28 bits per heavy atom. The van der Waals surface area contributed by atoms with Gasteiger partial charge in [0.25, 0.3) is 0 Å². The van der Waals surface area contributed by atoms with Crippen molar-refractivity contribution in [3.8, 4) is 11.8 Å². The molecular formula is C12H12N4OS. The number of aromatic nitrogens is 3. The van der Waals surface area contributed by atoms with Crippen LogP contribution in [0.4, 0.5) is 0 Å². The third-order valence-corrected chi connectivity index (χ3v) is 3.25. The van der Waals surface area contributed by atoms with Crippen molar-refractivity contribution in [2.75, 3.05) is 12.4 Å². The summed E-state index contributed by atoms with van der Waals surface area (Å²) in [5, 5.41) is 17.5. The van der Waals surface area contributed by atoms with Crippen molar-refractivity contribution in [1.29, 1.82) is 5.26 Å². The van der Waals surface area contributed by atoms with Crippen LogP contribution in [0.15, 0.2) is 35.7 Å². The number of ether oxygens (including phenoxy) is 1. The average Bonchev–Trinajstić information content (AvgIpc) is 2.81. The van der Waals surface area contributed by atoms with Crippen molar-refractivity contribution >= 4 is 11.8 Å². The Hall–Kier alpha value is -2.00. The lowest BCUT2D eigenvalue weighted by Crippen LogP contribution is -2.02. The monoisotopic (exact) mass is 260 g/mol. The van der Waals surface area contributed by atoms with Crippen LogP contribution in [0.25, 0.3) is 0 Å². The predicted molar refractivity (Wildman–Crippen MR) is 68.4 cm³/mol. The van der Waals surface area contributed by atoms with Gasteiger partial charge in [-0.1, -0.05) is 23.9 Å². The standard InChI is InChI=1S/C12H12N4OS/c1-16-9-14-15-12(16)18-7-6-17-11-5-3-2-4-10(11)8-13/h2-5,9H,6-7H2,1H3. The highest BCUT2D eigenvalue weighted by Gasteiger charge is 2.03. The molecule has 0 N–H and O–H groups in total. The molecule has 1 aromatic carbocycles. The zero-order chi connectivity index (χ0) is 12.8. The van der Waals surface area contributed by atoms with Gasteiger partial charge in [0.2, 0.25) is 0 Å². The van der Waals surface area contributed by atoms with E-state index in [1.54, 1.807) is 30.2 Å². The van der Waals surface area contributed by atoms with Crippen LogP contribution in [0.3, 0.4) is 0 Å². The first-order chi connectivity index (χ1) is 8.81. The van der Waals surface area contributed by atoms with Gasteiger partial charge in [0.15, 0.2) is 5.16 Å². The highest BCUT2D eigenvalue weighted by Crippen LogP contribution is 2.18. The van der Waals surface area contributed by atoms with E-state index in [0.717, 1.165) is 10.9 Å². The minimum absolute atomic E-state index is 0.524. The molecule has 0 aliphatic carbocycles. The summed E-state index contributed by atoms with van der Waals surface area (Å²) in [6.07, 6.45) is 1.66. The van der Waals surface area contributed by atoms with E-state index in [9.17, 15) is 0 Å². The van der Waals surface area contributed by atoms with Crippen LogP contribution in [0.1, 0.15) is 5.56 Å². The number of hydrogen-bond donors (Lipinski definition) is 0. The maximum Gasteiger partial charge on any atom is 0.190 e. The third kappa shape index (κ3) is 3.02. The Bertz CT molecular complexity index is 561. The molecule has 0 fully saturated rings. The Balaban J connectivity index is 1.82. The second-order valence-corrected chi connectivity index (χ2v) is 4.59. The molecule has 2 aromatic rings. The first-order valence-corrected chi connectivity index (χ1v) is 6.38. The summed E-state index contributed by atoms with van der Waals surface area (Å²) in [5.41, 5.74) is 0.557. The number of nitriles is 1. The Morgan fingerprint density at radius 3 is 3.00 bits per heavy atom. The van der Waals surface area contributed by atoms with E-state index in [1.165, 1.54) is 0 Å². The molecule has 0 unspecified atom stereocenters. The lowest BCUT2D eigenvalue weighted by atomic mass is 10.2. The summed E-state index contributed by atoms with van der Waals surface area (Å²) >= 11 is 1.57. The molecule has 0 spiro atoms. The molecule has 1 heterocycles. The molecule has 0 saturated carbocycles. The van der Waals surface area contributed by atoms with Gasteiger partial charge in [-0.2, -0.15) is 5.26 Å².